The van der Waals surface area contributed by atoms with E-state index in [1.165, 1.54) is 6.42 Å². The number of rotatable bonds is 1. The molecule has 0 heteroatoms. The van der Waals surface area contributed by atoms with Gasteiger partial charge in [-0.05, 0) is 87.8 Å². The SMILES string of the molecule is CC1C(C)C(C2CC3C4C(C5C=CC4C5(C)C)C2C3(C)C)C(C)(C)C1C. The van der Waals surface area contributed by atoms with Gasteiger partial charge in [0.05, 0.1) is 0 Å². The number of fused-ring (bicyclic) bond motifs is 9. The van der Waals surface area contributed by atoms with E-state index < -0.39 is 0 Å². The highest BCUT2D eigenvalue weighted by Crippen LogP contribution is 2.79. The van der Waals surface area contributed by atoms with E-state index >= 15 is 0 Å². The van der Waals surface area contributed by atoms with Crippen molar-refractivity contribution in [3.63, 3.8) is 0 Å². The standard InChI is InChI=1S/C26H42/c1-13-14(2)22(24(4,5)15(13)3)16-12-19-20-17-10-11-18(25(17,6)7)21(20)23(16)26(19,8)9/h10-11,13-23H,12H2,1-9H3. The van der Waals surface area contributed by atoms with Crippen LogP contribution < -0.4 is 0 Å². The van der Waals surface area contributed by atoms with Crippen molar-refractivity contribution >= 4 is 0 Å². The summed E-state index contributed by atoms with van der Waals surface area (Å²) in [6.07, 6.45) is 6.81. The summed E-state index contributed by atoms with van der Waals surface area (Å²) in [4.78, 5) is 0. The summed E-state index contributed by atoms with van der Waals surface area (Å²) in [5.41, 5.74) is 1.58. The first-order valence-electron chi connectivity index (χ1n) is 11.6. The van der Waals surface area contributed by atoms with Crippen LogP contribution in [0.15, 0.2) is 12.2 Å². The third-order valence-corrected chi connectivity index (χ3v) is 11.9. The Hall–Kier alpha value is -0.260. The van der Waals surface area contributed by atoms with Gasteiger partial charge in [0.2, 0.25) is 0 Å². The fraction of sp³-hybridized carbons (Fsp3) is 0.923. The first-order valence-corrected chi connectivity index (χ1v) is 11.6. The molecule has 0 amide bonds. The van der Waals surface area contributed by atoms with Gasteiger partial charge in [0.15, 0.2) is 0 Å². The predicted octanol–water partition coefficient (Wildman–Crippen LogP) is 6.92. The Kier molecular flexibility index (Phi) is 3.31. The van der Waals surface area contributed by atoms with Gasteiger partial charge in [0, 0.05) is 0 Å². The topological polar surface area (TPSA) is 0 Å². The van der Waals surface area contributed by atoms with Crippen LogP contribution in [0.5, 0.6) is 0 Å². The quantitative estimate of drug-likeness (QED) is 0.354. The minimum Gasteiger partial charge on any atom is -0.0843 e. The van der Waals surface area contributed by atoms with Crippen molar-refractivity contribution in [1.29, 1.82) is 0 Å². The Morgan fingerprint density at radius 1 is 0.654 bits per heavy atom. The van der Waals surface area contributed by atoms with Crippen LogP contribution in [0.25, 0.3) is 0 Å². The molecule has 0 spiro atoms. The number of hydrogen-bond acceptors (Lipinski definition) is 0. The van der Waals surface area contributed by atoms with Gasteiger partial charge in [-0.3, -0.25) is 0 Å². The molecule has 0 aromatic rings. The molecule has 0 N–H and O–H groups in total. The monoisotopic (exact) mass is 354 g/mol. The van der Waals surface area contributed by atoms with Gasteiger partial charge in [0.1, 0.15) is 0 Å². The van der Waals surface area contributed by atoms with Gasteiger partial charge in [-0.15, -0.1) is 0 Å². The fourth-order valence-corrected chi connectivity index (χ4v) is 10.4. The molecule has 0 saturated heterocycles. The van der Waals surface area contributed by atoms with Crippen molar-refractivity contribution in [2.75, 3.05) is 0 Å². The molecule has 4 saturated carbocycles. The van der Waals surface area contributed by atoms with E-state index in [-0.39, 0.29) is 0 Å². The van der Waals surface area contributed by atoms with Crippen molar-refractivity contribution in [2.24, 2.45) is 81.3 Å². The van der Waals surface area contributed by atoms with Crippen molar-refractivity contribution in [2.45, 2.75) is 68.7 Å². The summed E-state index contributed by atoms with van der Waals surface area (Å²) < 4.78 is 0. The van der Waals surface area contributed by atoms with E-state index in [0.29, 0.717) is 16.2 Å². The molecular weight excluding hydrogens is 312 g/mol. The molecule has 0 aromatic heterocycles. The minimum atomic E-state index is 0.503. The Morgan fingerprint density at radius 2 is 1.23 bits per heavy atom. The summed E-state index contributed by atoms with van der Waals surface area (Å²) in [7, 11) is 0. The van der Waals surface area contributed by atoms with E-state index in [2.05, 4.69) is 74.5 Å². The third-order valence-electron chi connectivity index (χ3n) is 11.9. The van der Waals surface area contributed by atoms with E-state index in [1.54, 1.807) is 0 Å². The number of hydrogen-bond donors (Lipinski definition) is 0. The fourth-order valence-electron chi connectivity index (χ4n) is 10.4. The molecule has 5 aliphatic rings. The maximum atomic E-state index is 2.66. The van der Waals surface area contributed by atoms with Crippen molar-refractivity contribution in [3.8, 4) is 0 Å². The smallest absolute Gasteiger partial charge is 0.0142 e. The molecule has 4 fully saturated rings. The summed E-state index contributed by atoms with van der Waals surface area (Å²) in [5, 5.41) is 0. The zero-order valence-electron chi connectivity index (χ0n) is 18.7. The second-order valence-corrected chi connectivity index (χ2v) is 13.1. The normalized spacial score (nSPS) is 60.0. The molecule has 4 bridgehead atoms. The summed E-state index contributed by atoms with van der Waals surface area (Å²) in [6, 6.07) is 0. The molecule has 11 unspecified atom stereocenters. The Labute approximate surface area is 162 Å². The van der Waals surface area contributed by atoms with Crippen LogP contribution in [0, 0.1) is 81.3 Å². The minimum absolute atomic E-state index is 0.503. The zero-order chi connectivity index (χ0) is 19.0. The van der Waals surface area contributed by atoms with Gasteiger partial charge in [-0.25, -0.2) is 0 Å². The molecule has 26 heavy (non-hydrogen) atoms. The lowest BCUT2D eigenvalue weighted by atomic mass is 9.59. The summed E-state index contributed by atoms with van der Waals surface area (Å²) >= 11 is 0. The molecule has 0 heterocycles. The summed E-state index contributed by atoms with van der Waals surface area (Å²) in [6.45, 7) is 23.4. The summed E-state index contributed by atoms with van der Waals surface area (Å²) in [5.74, 6) is 10.1. The zero-order valence-corrected chi connectivity index (χ0v) is 18.7. The average Bonchev–Trinajstić information content (AvgIpc) is 3.18. The van der Waals surface area contributed by atoms with Gasteiger partial charge in [-0.2, -0.15) is 0 Å². The van der Waals surface area contributed by atoms with Crippen LogP contribution in [0.2, 0.25) is 0 Å². The molecule has 0 nitrogen and oxygen atoms in total. The van der Waals surface area contributed by atoms with Crippen LogP contribution >= 0.6 is 0 Å². The highest BCUT2D eigenvalue weighted by atomic mass is 14.8. The van der Waals surface area contributed by atoms with Gasteiger partial charge >= 0.3 is 0 Å². The first kappa shape index (κ1) is 17.8. The van der Waals surface area contributed by atoms with E-state index in [0.717, 1.165) is 65.1 Å². The Balaban J connectivity index is 1.56. The Bertz CT molecular complexity index is 649. The lowest BCUT2D eigenvalue weighted by Gasteiger charge is -2.46. The molecule has 0 aromatic carbocycles. The second kappa shape index (κ2) is 4.83. The van der Waals surface area contributed by atoms with Crippen molar-refractivity contribution < 1.29 is 0 Å². The molecule has 5 aliphatic carbocycles. The molecule has 0 radical (unpaired) electrons. The molecule has 11 atom stereocenters. The van der Waals surface area contributed by atoms with Crippen LogP contribution in [0.1, 0.15) is 68.7 Å². The third kappa shape index (κ3) is 1.71. The molecule has 5 rings (SSSR count). The lowest BCUT2D eigenvalue weighted by molar-refractivity contribution is 0.0270. The predicted molar refractivity (Wildman–Crippen MR) is 111 cm³/mol. The van der Waals surface area contributed by atoms with Crippen LogP contribution in [-0.2, 0) is 0 Å². The van der Waals surface area contributed by atoms with E-state index in [9.17, 15) is 0 Å². The first-order chi connectivity index (χ1) is 11.9. The van der Waals surface area contributed by atoms with Crippen LogP contribution in [0.3, 0.4) is 0 Å². The molecule has 0 aliphatic heterocycles. The largest absolute Gasteiger partial charge is 0.0843 e. The highest BCUT2D eigenvalue weighted by Gasteiger charge is 2.74. The maximum absolute atomic E-state index is 2.66. The second-order valence-electron chi connectivity index (χ2n) is 13.1. The van der Waals surface area contributed by atoms with Crippen molar-refractivity contribution in [3.05, 3.63) is 12.2 Å². The maximum Gasteiger partial charge on any atom is -0.0142 e. The van der Waals surface area contributed by atoms with Gasteiger partial charge in [-0.1, -0.05) is 74.5 Å². The highest BCUT2D eigenvalue weighted by molar-refractivity contribution is 5.29. The van der Waals surface area contributed by atoms with Crippen LogP contribution in [-0.4, -0.2) is 0 Å². The van der Waals surface area contributed by atoms with Gasteiger partial charge in [0.25, 0.3) is 0 Å². The number of allylic oxidation sites excluding steroid dienone is 2. The molecular formula is C26H42. The Morgan fingerprint density at radius 3 is 1.77 bits per heavy atom. The van der Waals surface area contributed by atoms with Gasteiger partial charge < -0.3 is 0 Å². The molecule has 146 valence electrons. The van der Waals surface area contributed by atoms with Crippen LogP contribution in [0.4, 0.5) is 0 Å². The average molecular weight is 355 g/mol. The van der Waals surface area contributed by atoms with E-state index in [1.807, 2.05) is 0 Å². The van der Waals surface area contributed by atoms with E-state index in [4.69, 9.17) is 0 Å². The lowest BCUT2D eigenvalue weighted by Crippen LogP contribution is -2.41. The van der Waals surface area contributed by atoms with Crippen molar-refractivity contribution in [1.82, 2.24) is 0 Å².